The van der Waals surface area contributed by atoms with Crippen molar-refractivity contribution in [3.8, 4) is 0 Å². The van der Waals surface area contributed by atoms with Crippen molar-refractivity contribution in [1.82, 2.24) is 0 Å². The molecular formula is C12H16O3. The van der Waals surface area contributed by atoms with Crippen molar-refractivity contribution in [2.45, 2.75) is 31.2 Å². The maximum atomic E-state index is 10.4. The first-order valence-electron chi connectivity index (χ1n) is 5.09. The van der Waals surface area contributed by atoms with Gasteiger partial charge in [-0.05, 0) is 24.5 Å². The number of hydrogen-bond acceptors (Lipinski definition) is 3. The summed E-state index contributed by atoms with van der Waals surface area (Å²) in [6, 6.07) is 7.60. The molecule has 0 bridgehead atoms. The van der Waals surface area contributed by atoms with Gasteiger partial charge in [0.2, 0.25) is 0 Å². The highest BCUT2D eigenvalue weighted by Crippen LogP contribution is 2.42. The lowest BCUT2D eigenvalue weighted by atomic mass is 9.75. The number of aryl methyl sites for hydroxylation is 1. The van der Waals surface area contributed by atoms with E-state index in [0.717, 1.165) is 17.5 Å². The molecule has 0 heterocycles. The highest BCUT2D eigenvalue weighted by atomic mass is 16.6. The van der Waals surface area contributed by atoms with Crippen molar-refractivity contribution in [2.24, 2.45) is 0 Å². The highest BCUT2D eigenvalue weighted by molar-refractivity contribution is 5.36. The molecule has 1 aliphatic rings. The minimum Gasteiger partial charge on any atom is -0.380 e. The maximum Gasteiger partial charge on any atom is 0.198 e. The molecule has 0 radical (unpaired) electrons. The van der Waals surface area contributed by atoms with Gasteiger partial charge in [0.1, 0.15) is 5.60 Å². The Morgan fingerprint density at radius 1 is 1.27 bits per heavy atom. The molecular weight excluding hydrogens is 192 g/mol. The van der Waals surface area contributed by atoms with Crippen LogP contribution in [0.2, 0.25) is 0 Å². The second kappa shape index (κ2) is 3.30. The zero-order valence-corrected chi connectivity index (χ0v) is 9.03. The SMILES string of the molecule is CO[C@@]1(O)CCc2ccccc2C1(C)O. The quantitative estimate of drug-likeness (QED) is 0.681. The van der Waals surface area contributed by atoms with Crippen molar-refractivity contribution >= 4 is 0 Å². The molecule has 3 nitrogen and oxygen atoms in total. The summed E-state index contributed by atoms with van der Waals surface area (Å²) >= 11 is 0. The number of methoxy groups -OCH3 is 1. The van der Waals surface area contributed by atoms with E-state index in [-0.39, 0.29) is 0 Å². The van der Waals surface area contributed by atoms with E-state index in [9.17, 15) is 10.2 Å². The van der Waals surface area contributed by atoms with Gasteiger partial charge in [0, 0.05) is 13.5 Å². The second-order valence-corrected chi connectivity index (χ2v) is 4.22. The lowest BCUT2D eigenvalue weighted by Gasteiger charge is -2.44. The molecule has 82 valence electrons. The van der Waals surface area contributed by atoms with Crippen LogP contribution in [0.25, 0.3) is 0 Å². The van der Waals surface area contributed by atoms with Gasteiger partial charge in [0.25, 0.3) is 0 Å². The van der Waals surface area contributed by atoms with Crippen LogP contribution in [0.4, 0.5) is 0 Å². The first kappa shape index (κ1) is 10.6. The Balaban J connectivity index is 2.54. The third-order valence-corrected chi connectivity index (χ3v) is 3.37. The number of benzene rings is 1. The van der Waals surface area contributed by atoms with Gasteiger partial charge in [-0.25, -0.2) is 0 Å². The monoisotopic (exact) mass is 208 g/mol. The first-order chi connectivity index (χ1) is 7.01. The molecule has 2 atom stereocenters. The summed E-state index contributed by atoms with van der Waals surface area (Å²) in [5.74, 6) is -1.48. The van der Waals surface area contributed by atoms with Crippen LogP contribution in [0.1, 0.15) is 24.5 Å². The zero-order valence-electron chi connectivity index (χ0n) is 9.03. The summed E-state index contributed by atoms with van der Waals surface area (Å²) in [4.78, 5) is 0. The summed E-state index contributed by atoms with van der Waals surface area (Å²) in [5.41, 5.74) is 0.473. The average molecular weight is 208 g/mol. The van der Waals surface area contributed by atoms with Gasteiger partial charge in [-0.15, -0.1) is 0 Å². The van der Waals surface area contributed by atoms with Crippen molar-refractivity contribution in [1.29, 1.82) is 0 Å². The summed E-state index contributed by atoms with van der Waals surface area (Å²) in [5, 5.41) is 20.6. The van der Waals surface area contributed by atoms with Crippen molar-refractivity contribution < 1.29 is 14.9 Å². The van der Waals surface area contributed by atoms with Crippen molar-refractivity contribution in [3.05, 3.63) is 35.4 Å². The van der Waals surface area contributed by atoms with Crippen LogP contribution in [-0.4, -0.2) is 23.1 Å². The molecule has 0 saturated heterocycles. The standard InChI is InChI=1S/C12H16O3/c1-11(13)10-6-4-3-5-9(10)7-8-12(11,14)15-2/h3-6,13-14H,7-8H2,1-2H3/t11?,12-/m0/s1. The Hall–Kier alpha value is -0.900. The van der Waals surface area contributed by atoms with Crippen LogP contribution < -0.4 is 0 Å². The fourth-order valence-electron chi connectivity index (χ4n) is 2.27. The molecule has 2 N–H and O–H groups in total. The van der Waals surface area contributed by atoms with Gasteiger partial charge in [-0.3, -0.25) is 0 Å². The van der Waals surface area contributed by atoms with Gasteiger partial charge in [-0.1, -0.05) is 24.3 Å². The minimum atomic E-state index is -1.48. The predicted molar refractivity (Wildman–Crippen MR) is 56.3 cm³/mol. The van der Waals surface area contributed by atoms with Crippen LogP contribution in [0.15, 0.2) is 24.3 Å². The smallest absolute Gasteiger partial charge is 0.198 e. The molecule has 0 spiro atoms. The highest BCUT2D eigenvalue weighted by Gasteiger charge is 2.50. The molecule has 1 aromatic carbocycles. The number of hydrogen-bond donors (Lipinski definition) is 2. The van der Waals surface area contributed by atoms with Crippen LogP contribution in [0, 0.1) is 0 Å². The fourth-order valence-corrected chi connectivity index (χ4v) is 2.27. The Labute approximate surface area is 89.3 Å². The Morgan fingerprint density at radius 3 is 2.60 bits per heavy atom. The van der Waals surface area contributed by atoms with E-state index in [1.165, 1.54) is 7.11 Å². The molecule has 0 aliphatic heterocycles. The van der Waals surface area contributed by atoms with E-state index in [0.29, 0.717) is 6.42 Å². The molecule has 3 heteroatoms. The number of aliphatic hydroxyl groups is 2. The third-order valence-electron chi connectivity index (χ3n) is 3.37. The number of rotatable bonds is 1. The average Bonchev–Trinajstić information content (AvgIpc) is 2.24. The molecule has 1 unspecified atom stereocenters. The van der Waals surface area contributed by atoms with Crippen LogP contribution >= 0.6 is 0 Å². The topological polar surface area (TPSA) is 49.7 Å². The largest absolute Gasteiger partial charge is 0.380 e. The number of fused-ring (bicyclic) bond motifs is 1. The number of ether oxygens (including phenoxy) is 1. The summed E-state index contributed by atoms with van der Waals surface area (Å²) < 4.78 is 5.06. The molecule has 15 heavy (non-hydrogen) atoms. The van der Waals surface area contributed by atoms with E-state index in [1.54, 1.807) is 6.92 Å². The van der Waals surface area contributed by atoms with E-state index in [4.69, 9.17) is 4.74 Å². The predicted octanol–water partition coefficient (Wildman–Crippen LogP) is 1.18. The van der Waals surface area contributed by atoms with E-state index >= 15 is 0 Å². The molecule has 0 saturated carbocycles. The van der Waals surface area contributed by atoms with Crippen molar-refractivity contribution in [2.75, 3.05) is 7.11 Å². The van der Waals surface area contributed by atoms with Gasteiger partial charge in [0.05, 0.1) is 0 Å². The normalized spacial score (nSPS) is 34.9. The molecule has 1 aliphatic carbocycles. The van der Waals surface area contributed by atoms with Gasteiger partial charge in [0.15, 0.2) is 5.79 Å². The lowest BCUT2D eigenvalue weighted by molar-refractivity contribution is -0.295. The van der Waals surface area contributed by atoms with Crippen LogP contribution in [0.3, 0.4) is 0 Å². The van der Waals surface area contributed by atoms with Crippen molar-refractivity contribution in [3.63, 3.8) is 0 Å². The first-order valence-corrected chi connectivity index (χ1v) is 5.09. The van der Waals surface area contributed by atoms with Gasteiger partial charge >= 0.3 is 0 Å². The van der Waals surface area contributed by atoms with Crippen LogP contribution in [0.5, 0.6) is 0 Å². The van der Waals surface area contributed by atoms with Gasteiger partial charge in [-0.2, -0.15) is 0 Å². The van der Waals surface area contributed by atoms with E-state index in [1.807, 2.05) is 24.3 Å². The Kier molecular flexibility index (Phi) is 2.34. The Bertz CT molecular complexity index is 373. The second-order valence-electron chi connectivity index (χ2n) is 4.22. The minimum absolute atomic E-state index is 0.410. The van der Waals surface area contributed by atoms with Crippen LogP contribution in [-0.2, 0) is 16.8 Å². The molecule has 2 rings (SSSR count). The Morgan fingerprint density at radius 2 is 1.93 bits per heavy atom. The zero-order chi connectivity index (χ0) is 11.1. The van der Waals surface area contributed by atoms with E-state index < -0.39 is 11.4 Å². The lowest BCUT2D eigenvalue weighted by Crippen LogP contribution is -2.54. The maximum absolute atomic E-state index is 10.4. The third kappa shape index (κ3) is 1.39. The molecule has 0 fully saturated rings. The summed E-state index contributed by atoms with van der Waals surface area (Å²) in [6.07, 6.45) is 1.13. The van der Waals surface area contributed by atoms with E-state index in [2.05, 4.69) is 0 Å². The fraction of sp³-hybridized carbons (Fsp3) is 0.500. The molecule has 0 aromatic heterocycles. The summed E-state index contributed by atoms with van der Waals surface area (Å²) in [6.45, 7) is 1.59. The summed E-state index contributed by atoms with van der Waals surface area (Å²) in [7, 11) is 1.42. The van der Waals surface area contributed by atoms with Gasteiger partial charge < -0.3 is 14.9 Å². The molecule has 0 amide bonds. The molecule has 1 aromatic rings.